The van der Waals surface area contributed by atoms with Gasteiger partial charge in [0.15, 0.2) is 10.9 Å². The number of hydrogen-bond donors (Lipinski definition) is 0. The number of terminal acetylenes is 1. The fourth-order valence-corrected chi connectivity index (χ4v) is 3.06. The van der Waals surface area contributed by atoms with E-state index in [4.69, 9.17) is 15.9 Å². The third kappa shape index (κ3) is 4.70. The molecule has 0 radical (unpaired) electrons. The molecule has 0 aliphatic carbocycles. The van der Waals surface area contributed by atoms with Crippen molar-refractivity contribution in [3.63, 3.8) is 0 Å². The molecule has 0 amide bonds. The highest BCUT2D eigenvalue weighted by Gasteiger charge is 2.24. The van der Waals surface area contributed by atoms with Crippen molar-refractivity contribution in [1.82, 2.24) is 9.97 Å². The van der Waals surface area contributed by atoms with Crippen LogP contribution in [0, 0.1) is 18.2 Å². The van der Waals surface area contributed by atoms with E-state index >= 15 is 0 Å². The molecule has 2 rings (SSSR count). The van der Waals surface area contributed by atoms with Crippen LogP contribution in [-0.2, 0) is 4.74 Å². The van der Waals surface area contributed by atoms with Gasteiger partial charge in [0, 0.05) is 11.8 Å². The summed E-state index contributed by atoms with van der Waals surface area (Å²) in [6.07, 6.45) is 8.17. The van der Waals surface area contributed by atoms with E-state index < -0.39 is 11.4 Å². The maximum atomic E-state index is 13.4. The smallest absolute Gasteiger partial charge is 0.250 e. The van der Waals surface area contributed by atoms with Gasteiger partial charge in [0.25, 0.3) is 0 Å². The number of aromatic nitrogens is 2. The molecule has 2 aromatic rings. The Morgan fingerprint density at radius 3 is 2.72 bits per heavy atom. The van der Waals surface area contributed by atoms with Crippen molar-refractivity contribution in [2.75, 3.05) is 18.6 Å². The zero-order valence-electron chi connectivity index (χ0n) is 14.7. The summed E-state index contributed by atoms with van der Waals surface area (Å²) in [6, 6.07) is 1.36. The third-order valence-corrected chi connectivity index (χ3v) is 4.05. The molecule has 0 atom stereocenters. The number of rotatable bonds is 6. The first kappa shape index (κ1) is 18.7. The Hall–Kier alpha value is -2.59. The van der Waals surface area contributed by atoms with Gasteiger partial charge in [-0.3, -0.25) is 9.88 Å². The van der Waals surface area contributed by atoms with Gasteiger partial charge in [-0.15, -0.1) is 6.42 Å². The van der Waals surface area contributed by atoms with Gasteiger partial charge in [0.1, 0.15) is 16.4 Å². The Morgan fingerprint density at radius 2 is 2.16 bits per heavy atom. The second-order valence-electron chi connectivity index (χ2n) is 6.12. The monoisotopic (exact) mass is 361 g/mol. The van der Waals surface area contributed by atoms with Gasteiger partial charge in [-0.25, -0.2) is 4.39 Å². The average Bonchev–Trinajstić information content (AvgIpc) is 2.94. The minimum Gasteiger partial charge on any atom is -0.479 e. The predicted molar refractivity (Wildman–Crippen MR) is 98.0 cm³/mol. The Bertz CT molecular complexity index is 805. The van der Waals surface area contributed by atoms with E-state index in [0.717, 1.165) is 6.20 Å². The highest BCUT2D eigenvalue weighted by atomic mass is 32.1. The van der Waals surface area contributed by atoms with Crippen molar-refractivity contribution < 1.29 is 13.9 Å². The molecule has 0 aromatic carbocycles. The van der Waals surface area contributed by atoms with E-state index in [1.54, 1.807) is 4.90 Å². The molecular weight excluding hydrogens is 341 g/mol. The molecule has 0 aliphatic rings. The first-order chi connectivity index (χ1) is 11.7. The van der Waals surface area contributed by atoms with Gasteiger partial charge < -0.3 is 9.47 Å². The average molecular weight is 361 g/mol. The maximum absolute atomic E-state index is 13.4. The lowest BCUT2D eigenvalue weighted by atomic mass is 10.2. The standard InChI is InChI=1S/C18H20FN3O2S/c1-7-8-22(12(2)24-18(3,4)5)17-15(23-6)21-16(25-17)13-9-14(19)11-20-10-13/h1,9-11H,2,8H2,3-6H3. The van der Waals surface area contributed by atoms with Crippen LogP contribution in [0.25, 0.3) is 10.6 Å². The molecule has 0 fully saturated rings. The van der Waals surface area contributed by atoms with E-state index in [1.807, 2.05) is 20.8 Å². The first-order valence-electron chi connectivity index (χ1n) is 7.50. The minimum absolute atomic E-state index is 0.230. The molecular formula is C18H20FN3O2S. The zero-order chi connectivity index (χ0) is 18.6. The quantitative estimate of drug-likeness (QED) is 0.573. The van der Waals surface area contributed by atoms with E-state index in [0.29, 0.717) is 27.3 Å². The van der Waals surface area contributed by atoms with Crippen molar-refractivity contribution in [3.8, 4) is 28.8 Å². The number of hydrogen-bond acceptors (Lipinski definition) is 6. The number of methoxy groups -OCH3 is 1. The molecule has 25 heavy (non-hydrogen) atoms. The summed E-state index contributed by atoms with van der Waals surface area (Å²) in [6.45, 7) is 9.95. The lowest BCUT2D eigenvalue weighted by Crippen LogP contribution is -2.29. The molecule has 5 nitrogen and oxygen atoms in total. The second-order valence-corrected chi connectivity index (χ2v) is 7.10. The minimum atomic E-state index is -0.436. The van der Waals surface area contributed by atoms with E-state index in [-0.39, 0.29) is 6.54 Å². The maximum Gasteiger partial charge on any atom is 0.250 e. The van der Waals surface area contributed by atoms with Crippen molar-refractivity contribution in [3.05, 3.63) is 36.7 Å². The summed E-state index contributed by atoms with van der Waals surface area (Å²) in [5.41, 5.74) is 0.120. The van der Waals surface area contributed by atoms with Gasteiger partial charge in [0.2, 0.25) is 5.88 Å². The summed E-state index contributed by atoms with van der Waals surface area (Å²) in [7, 11) is 1.51. The molecule has 0 unspecified atom stereocenters. The number of nitrogens with zero attached hydrogens (tertiary/aromatic N) is 3. The van der Waals surface area contributed by atoms with Gasteiger partial charge >= 0.3 is 0 Å². The first-order valence-corrected chi connectivity index (χ1v) is 8.31. The highest BCUT2D eigenvalue weighted by molar-refractivity contribution is 7.19. The van der Waals surface area contributed by atoms with Crippen molar-refractivity contribution in [2.45, 2.75) is 26.4 Å². The number of pyridine rings is 1. The summed E-state index contributed by atoms with van der Waals surface area (Å²) in [4.78, 5) is 9.96. The predicted octanol–water partition coefficient (Wildman–Crippen LogP) is 4.08. The van der Waals surface area contributed by atoms with E-state index in [1.165, 1.54) is 30.7 Å². The van der Waals surface area contributed by atoms with Crippen LogP contribution in [0.3, 0.4) is 0 Å². The van der Waals surface area contributed by atoms with Crippen LogP contribution in [-0.4, -0.2) is 29.2 Å². The van der Waals surface area contributed by atoms with Crippen molar-refractivity contribution >= 4 is 16.3 Å². The third-order valence-electron chi connectivity index (χ3n) is 2.94. The Balaban J connectivity index is 2.44. The van der Waals surface area contributed by atoms with Crippen molar-refractivity contribution in [1.29, 1.82) is 0 Å². The van der Waals surface area contributed by atoms with Crippen LogP contribution in [0.1, 0.15) is 20.8 Å². The fourth-order valence-electron chi connectivity index (χ4n) is 2.03. The fraction of sp³-hybridized carbons (Fsp3) is 0.333. The summed E-state index contributed by atoms with van der Waals surface area (Å²) >= 11 is 1.30. The van der Waals surface area contributed by atoms with Gasteiger partial charge in [0.05, 0.1) is 19.9 Å². The van der Waals surface area contributed by atoms with Gasteiger partial charge in [-0.05, 0) is 33.4 Å². The van der Waals surface area contributed by atoms with Crippen LogP contribution < -0.4 is 9.64 Å². The Kier molecular flexibility index (Phi) is 5.65. The normalized spacial score (nSPS) is 10.9. The molecule has 0 N–H and O–H groups in total. The highest BCUT2D eigenvalue weighted by Crippen LogP contribution is 2.41. The van der Waals surface area contributed by atoms with Gasteiger partial charge in [-0.1, -0.05) is 17.3 Å². The molecule has 0 saturated heterocycles. The van der Waals surface area contributed by atoms with Crippen molar-refractivity contribution in [2.24, 2.45) is 0 Å². The molecule has 2 aromatic heterocycles. The molecule has 2 heterocycles. The Labute approximate surface area is 151 Å². The molecule has 132 valence electrons. The molecule has 0 saturated carbocycles. The van der Waals surface area contributed by atoms with Gasteiger partial charge in [-0.2, -0.15) is 4.98 Å². The second kappa shape index (κ2) is 7.53. The number of halogens is 1. The van der Waals surface area contributed by atoms with E-state index in [9.17, 15) is 4.39 Å². The van der Waals surface area contributed by atoms with Crippen LogP contribution in [0.5, 0.6) is 5.88 Å². The largest absolute Gasteiger partial charge is 0.479 e. The molecule has 0 spiro atoms. The number of anilines is 1. The van der Waals surface area contributed by atoms with E-state index in [2.05, 4.69) is 22.5 Å². The van der Waals surface area contributed by atoms with Crippen LogP contribution >= 0.6 is 11.3 Å². The lowest BCUT2D eigenvalue weighted by Gasteiger charge is -2.29. The molecule has 0 aliphatic heterocycles. The molecule has 7 heteroatoms. The molecule has 0 bridgehead atoms. The Morgan fingerprint density at radius 1 is 1.44 bits per heavy atom. The summed E-state index contributed by atoms with van der Waals surface area (Å²) in [5.74, 6) is 2.89. The lowest BCUT2D eigenvalue weighted by molar-refractivity contribution is 0.0496. The zero-order valence-corrected chi connectivity index (χ0v) is 15.5. The number of ether oxygens (including phenoxy) is 2. The number of thiazole rings is 1. The van der Waals surface area contributed by atoms with Crippen LogP contribution in [0.4, 0.5) is 9.39 Å². The van der Waals surface area contributed by atoms with Crippen LogP contribution in [0.2, 0.25) is 0 Å². The SMILES string of the molecule is C#CCN(C(=C)OC(C)(C)C)c1sc(-c2cncc(F)c2)nc1OC. The van der Waals surface area contributed by atoms with Crippen LogP contribution in [0.15, 0.2) is 30.9 Å². The summed E-state index contributed by atoms with van der Waals surface area (Å²) < 4.78 is 24.6. The topological polar surface area (TPSA) is 47.5 Å². The summed E-state index contributed by atoms with van der Waals surface area (Å²) in [5, 5.41) is 1.19.